The number of nitrogens with zero attached hydrogens (tertiary/aromatic N) is 3. The van der Waals surface area contributed by atoms with E-state index < -0.39 is 10.0 Å². The number of hydrogen-bond acceptors (Lipinski definition) is 3. The van der Waals surface area contributed by atoms with Crippen LogP contribution in [0.3, 0.4) is 0 Å². The number of aromatic nitrogens is 2. The van der Waals surface area contributed by atoms with Crippen molar-refractivity contribution in [2.24, 2.45) is 0 Å². The predicted molar refractivity (Wildman–Crippen MR) is 99.0 cm³/mol. The first-order valence-corrected chi connectivity index (χ1v) is 10.2. The molecule has 1 aromatic heterocycles. The van der Waals surface area contributed by atoms with Crippen molar-refractivity contribution in [1.29, 1.82) is 0 Å². The lowest BCUT2D eigenvalue weighted by atomic mass is 9.87. The zero-order chi connectivity index (χ0) is 18.2. The third kappa shape index (κ3) is 3.65. The van der Waals surface area contributed by atoms with Gasteiger partial charge in [-0.3, -0.25) is 0 Å². The van der Waals surface area contributed by atoms with Gasteiger partial charge in [0.15, 0.2) is 0 Å². The molecule has 0 N–H and O–H groups in total. The molecule has 1 saturated heterocycles. The molecular weight excluding hydrogens is 334 g/mol. The van der Waals surface area contributed by atoms with Gasteiger partial charge >= 0.3 is 0 Å². The van der Waals surface area contributed by atoms with Crippen LogP contribution in [-0.2, 0) is 22.0 Å². The average Bonchev–Trinajstić information content (AvgIpc) is 3.18. The fraction of sp³-hybridized carbons (Fsp3) is 0.526. The lowest BCUT2D eigenvalue weighted by molar-refractivity contribution is 0.352. The molecule has 0 amide bonds. The molecule has 25 heavy (non-hydrogen) atoms. The van der Waals surface area contributed by atoms with Gasteiger partial charge in [0.05, 0.1) is 11.2 Å². The van der Waals surface area contributed by atoms with Crippen molar-refractivity contribution in [2.45, 2.75) is 63.4 Å². The second kappa shape index (κ2) is 6.57. The summed E-state index contributed by atoms with van der Waals surface area (Å²) in [5.41, 5.74) is 1.77. The summed E-state index contributed by atoms with van der Waals surface area (Å²) in [6.45, 7) is 9.42. The molecule has 0 radical (unpaired) electrons. The van der Waals surface area contributed by atoms with Gasteiger partial charge in [-0.05, 0) is 42.4 Å². The quantitative estimate of drug-likeness (QED) is 0.839. The Morgan fingerprint density at radius 2 is 2.04 bits per heavy atom. The minimum atomic E-state index is -3.50. The highest BCUT2D eigenvalue weighted by Gasteiger charge is 2.36. The van der Waals surface area contributed by atoms with Gasteiger partial charge in [0.1, 0.15) is 0 Å². The van der Waals surface area contributed by atoms with Gasteiger partial charge in [0.25, 0.3) is 0 Å². The summed E-state index contributed by atoms with van der Waals surface area (Å²) in [6, 6.07) is 5.80. The molecule has 0 unspecified atom stereocenters. The standard InChI is InChI=1S/C19H27N3O2S/c1-15-7-8-16(19(2,3)4)12-18(15)25(23,24)22-10-5-6-17(22)13-21-11-9-20-14-21/h7-9,11-12,14,17H,5-6,10,13H2,1-4H3/t17-/m1/s1. The van der Waals surface area contributed by atoms with E-state index in [4.69, 9.17) is 0 Å². The molecule has 136 valence electrons. The number of sulfonamides is 1. The van der Waals surface area contributed by atoms with Crippen LogP contribution in [0.5, 0.6) is 0 Å². The van der Waals surface area contributed by atoms with E-state index in [1.165, 1.54) is 0 Å². The van der Waals surface area contributed by atoms with Gasteiger partial charge in [0.2, 0.25) is 10.0 Å². The molecule has 0 bridgehead atoms. The first-order chi connectivity index (χ1) is 11.7. The van der Waals surface area contributed by atoms with Crippen molar-refractivity contribution in [1.82, 2.24) is 13.9 Å². The normalized spacial score (nSPS) is 19.4. The minimum Gasteiger partial charge on any atom is -0.336 e. The Kier molecular flexibility index (Phi) is 4.77. The molecule has 0 saturated carbocycles. The van der Waals surface area contributed by atoms with E-state index in [0.29, 0.717) is 18.0 Å². The Morgan fingerprint density at radius 3 is 2.68 bits per heavy atom. The zero-order valence-electron chi connectivity index (χ0n) is 15.4. The van der Waals surface area contributed by atoms with Crippen LogP contribution in [0, 0.1) is 6.92 Å². The fourth-order valence-electron chi connectivity index (χ4n) is 3.42. The fourth-order valence-corrected chi connectivity index (χ4v) is 5.35. The summed E-state index contributed by atoms with van der Waals surface area (Å²) in [4.78, 5) is 4.50. The van der Waals surface area contributed by atoms with Gasteiger partial charge in [-0.2, -0.15) is 4.31 Å². The highest BCUT2D eigenvalue weighted by atomic mass is 32.2. The van der Waals surface area contributed by atoms with Gasteiger partial charge in [0, 0.05) is 31.5 Å². The summed E-state index contributed by atoms with van der Waals surface area (Å²) in [7, 11) is -3.50. The molecule has 1 aliphatic heterocycles. The van der Waals surface area contributed by atoms with Crippen molar-refractivity contribution in [3.63, 3.8) is 0 Å². The molecule has 5 nitrogen and oxygen atoms in total. The Balaban J connectivity index is 1.95. The Bertz CT molecular complexity index is 836. The summed E-state index contributed by atoms with van der Waals surface area (Å²) < 4.78 is 30.4. The number of aryl methyl sites for hydroxylation is 1. The van der Waals surface area contributed by atoms with Crippen LogP contribution in [0.4, 0.5) is 0 Å². The Morgan fingerprint density at radius 1 is 1.28 bits per heavy atom. The lowest BCUT2D eigenvalue weighted by Crippen LogP contribution is -2.38. The number of hydrogen-bond donors (Lipinski definition) is 0. The van der Waals surface area contributed by atoms with Crippen LogP contribution in [0.25, 0.3) is 0 Å². The van der Waals surface area contributed by atoms with Crippen molar-refractivity contribution in [2.75, 3.05) is 6.54 Å². The molecule has 2 heterocycles. The largest absolute Gasteiger partial charge is 0.336 e. The van der Waals surface area contributed by atoms with Crippen LogP contribution in [0.15, 0.2) is 41.8 Å². The molecule has 1 aromatic carbocycles. The summed E-state index contributed by atoms with van der Waals surface area (Å²) in [5, 5.41) is 0. The van der Waals surface area contributed by atoms with E-state index in [1.54, 1.807) is 16.8 Å². The van der Waals surface area contributed by atoms with Gasteiger partial charge in [-0.15, -0.1) is 0 Å². The molecule has 3 rings (SSSR count). The maximum absolute atomic E-state index is 13.4. The molecule has 1 atom stereocenters. The van der Waals surface area contributed by atoms with E-state index in [9.17, 15) is 8.42 Å². The van der Waals surface area contributed by atoms with Crippen molar-refractivity contribution >= 4 is 10.0 Å². The summed E-state index contributed by atoms with van der Waals surface area (Å²) in [6.07, 6.45) is 7.14. The van der Waals surface area contributed by atoms with Gasteiger partial charge < -0.3 is 4.57 Å². The SMILES string of the molecule is Cc1ccc(C(C)(C)C)cc1S(=O)(=O)N1CCC[C@@H]1Cn1ccnc1. The predicted octanol–water partition coefficient (Wildman–Crippen LogP) is 3.34. The van der Waals surface area contributed by atoms with Gasteiger partial charge in [-0.25, -0.2) is 13.4 Å². The highest BCUT2D eigenvalue weighted by molar-refractivity contribution is 7.89. The molecule has 1 aliphatic rings. The van der Waals surface area contributed by atoms with E-state index >= 15 is 0 Å². The lowest BCUT2D eigenvalue weighted by Gasteiger charge is -2.26. The monoisotopic (exact) mass is 361 g/mol. The van der Waals surface area contributed by atoms with E-state index in [2.05, 4.69) is 25.8 Å². The molecule has 2 aromatic rings. The smallest absolute Gasteiger partial charge is 0.243 e. The van der Waals surface area contributed by atoms with Crippen molar-refractivity contribution in [3.05, 3.63) is 48.0 Å². The van der Waals surface area contributed by atoms with Crippen LogP contribution < -0.4 is 0 Å². The zero-order valence-corrected chi connectivity index (χ0v) is 16.3. The second-order valence-corrected chi connectivity index (χ2v) is 9.76. The molecule has 0 aliphatic carbocycles. The van der Waals surface area contributed by atoms with Gasteiger partial charge in [-0.1, -0.05) is 32.9 Å². The average molecular weight is 362 g/mol. The summed E-state index contributed by atoms with van der Waals surface area (Å²) >= 11 is 0. The van der Waals surface area contributed by atoms with Crippen LogP contribution in [-0.4, -0.2) is 34.9 Å². The van der Waals surface area contributed by atoms with Crippen LogP contribution in [0.1, 0.15) is 44.7 Å². The third-order valence-electron chi connectivity index (χ3n) is 4.94. The molecule has 0 spiro atoms. The maximum atomic E-state index is 13.4. The summed E-state index contributed by atoms with van der Waals surface area (Å²) in [5.74, 6) is 0. The number of rotatable bonds is 4. The molecule has 6 heteroatoms. The maximum Gasteiger partial charge on any atom is 0.243 e. The Hall–Kier alpha value is -1.66. The topological polar surface area (TPSA) is 55.2 Å². The first-order valence-electron chi connectivity index (χ1n) is 8.78. The number of imidazole rings is 1. The van der Waals surface area contributed by atoms with E-state index in [0.717, 1.165) is 24.0 Å². The van der Waals surface area contributed by atoms with E-state index in [-0.39, 0.29) is 11.5 Å². The van der Waals surface area contributed by atoms with Crippen molar-refractivity contribution < 1.29 is 8.42 Å². The molecular formula is C19H27N3O2S. The highest BCUT2D eigenvalue weighted by Crippen LogP contribution is 2.32. The third-order valence-corrected chi connectivity index (χ3v) is 7.04. The van der Waals surface area contributed by atoms with Crippen molar-refractivity contribution in [3.8, 4) is 0 Å². The minimum absolute atomic E-state index is 0.0168. The first kappa shape index (κ1) is 18.1. The Labute approximate surface area is 150 Å². The van der Waals surface area contributed by atoms with E-state index in [1.807, 2.05) is 35.9 Å². The number of benzene rings is 1. The molecule has 1 fully saturated rings. The van der Waals surface area contributed by atoms with Crippen LogP contribution >= 0.6 is 0 Å². The second-order valence-electron chi connectivity index (χ2n) is 7.90. The van der Waals surface area contributed by atoms with Crippen LogP contribution in [0.2, 0.25) is 0 Å².